The lowest BCUT2D eigenvalue weighted by Crippen LogP contribution is -2.11. The van der Waals surface area contributed by atoms with Crippen LogP contribution in [0.1, 0.15) is 79.6 Å². The SMILES string of the molecule is CCCCC(CCCC)CC(C)C(C)C. The minimum atomic E-state index is 0.857. The highest BCUT2D eigenvalue weighted by Gasteiger charge is 2.14. The number of unbranched alkanes of at least 4 members (excludes halogenated alkanes) is 2. The van der Waals surface area contributed by atoms with Crippen LogP contribution in [0.2, 0.25) is 0 Å². The maximum Gasteiger partial charge on any atom is -0.0412 e. The molecular weight excluding hydrogens is 180 g/mol. The van der Waals surface area contributed by atoms with Crippen LogP contribution in [0.25, 0.3) is 0 Å². The van der Waals surface area contributed by atoms with E-state index in [2.05, 4.69) is 34.6 Å². The number of hydrogen-bond donors (Lipinski definition) is 0. The van der Waals surface area contributed by atoms with Gasteiger partial charge in [0.15, 0.2) is 0 Å². The van der Waals surface area contributed by atoms with Gasteiger partial charge in [-0.15, -0.1) is 0 Å². The predicted octanol–water partition coefficient (Wildman–Crippen LogP) is 5.67. The highest BCUT2D eigenvalue weighted by molar-refractivity contribution is 4.66. The monoisotopic (exact) mass is 212 g/mol. The smallest absolute Gasteiger partial charge is 0.0412 e. The molecule has 0 N–H and O–H groups in total. The maximum atomic E-state index is 2.43. The van der Waals surface area contributed by atoms with E-state index in [1.807, 2.05) is 0 Å². The van der Waals surface area contributed by atoms with Crippen molar-refractivity contribution in [3.8, 4) is 0 Å². The third-order valence-electron chi connectivity index (χ3n) is 3.78. The first-order valence-corrected chi connectivity index (χ1v) is 7.11. The van der Waals surface area contributed by atoms with Crippen LogP contribution < -0.4 is 0 Å². The van der Waals surface area contributed by atoms with E-state index in [1.165, 1.54) is 44.9 Å². The molecule has 0 bridgehead atoms. The van der Waals surface area contributed by atoms with Crippen LogP contribution in [0.15, 0.2) is 0 Å². The Morgan fingerprint density at radius 2 is 1.27 bits per heavy atom. The summed E-state index contributed by atoms with van der Waals surface area (Å²) in [6.45, 7) is 11.8. The molecule has 0 radical (unpaired) electrons. The molecule has 0 heterocycles. The van der Waals surface area contributed by atoms with Gasteiger partial charge in [-0.2, -0.15) is 0 Å². The fourth-order valence-electron chi connectivity index (χ4n) is 2.16. The van der Waals surface area contributed by atoms with E-state index in [4.69, 9.17) is 0 Å². The zero-order valence-corrected chi connectivity index (χ0v) is 11.7. The molecular formula is C15H32. The molecule has 1 atom stereocenters. The van der Waals surface area contributed by atoms with Crippen LogP contribution in [-0.4, -0.2) is 0 Å². The van der Waals surface area contributed by atoms with Crippen molar-refractivity contribution in [3.63, 3.8) is 0 Å². The molecule has 0 aromatic rings. The minimum Gasteiger partial charge on any atom is -0.0654 e. The normalized spacial score (nSPS) is 13.8. The Bertz CT molecular complexity index is 118. The van der Waals surface area contributed by atoms with Gasteiger partial charge in [-0.1, -0.05) is 73.1 Å². The molecule has 0 saturated heterocycles. The first kappa shape index (κ1) is 15.0. The second-order valence-electron chi connectivity index (χ2n) is 5.61. The summed E-state index contributed by atoms with van der Waals surface area (Å²) < 4.78 is 0. The second-order valence-corrected chi connectivity index (χ2v) is 5.61. The third-order valence-corrected chi connectivity index (χ3v) is 3.78. The minimum absolute atomic E-state index is 0.857. The summed E-state index contributed by atoms with van der Waals surface area (Å²) in [6, 6.07) is 0. The molecule has 0 amide bonds. The first-order chi connectivity index (χ1) is 7.11. The van der Waals surface area contributed by atoms with Gasteiger partial charge in [-0.3, -0.25) is 0 Å². The Hall–Kier alpha value is 0. The van der Waals surface area contributed by atoms with Crippen molar-refractivity contribution >= 4 is 0 Å². The van der Waals surface area contributed by atoms with Crippen LogP contribution in [0.3, 0.4) is 0 Å². The molecule has 0 nitrogen and oxygen atoms in total. The van der Waals surface area contributed by atoms with E-state index >= 15 is 0 Å². The van der Waals surface area contributed by atoms with Crippen molar-refractivity contribution in [2.24, 2.45) is 17.8 Å². The molecule has 1 unspecified atom stereocenters. The predicted molar refractivity (Wildman–Crippen MR) is 71.2 cm³/mol. The molecule has 0 saturated carbocycles. The summed E-state index contributed by atoms with van der Waals surface area (Å²) >= 11 is 0. The van der Waals surface area contributed by atoms with E-state index < -0.39 is 0 Å². The topological polar surface area (TPSA) is 0 Å². The highest BCUT2D eigenvalue weighted by Crippen LogP contribution is 2.27. The lowest BCUT2D eigenvalue weighted by atomic mass is 9.83. The van der Waals surface area contributed by atoms with Crippen molar-refractivity contribution in [1.82, 2.24) is 0 Å². The van der Waals surface area contributed by atoms with Gasteiger partial charge < -0.3 is 0 Å². The van der Waals surface area contributed by atoms with Crippen LogP contribution >= 0.6 is 0 Å². The molecule has 0 aromatic carbocycles. The summed E-state index contributed by atoms with van der Waals surface area (Å²) in [5.41, 5.74) is 0. The fourth-order valence-corrected chi connectivity index (χ4v) is 2.16. The van der Waals surface area contributed by atoms with Crippen LogP contribution in [-0.2, 0) is 0 Å². The largest absolute Gasteiger partial charge is 0.0654 e. The van der Waals surface area contributed by atoms with E-state index in [1.54, 1.807) is 0 Å². The van der Waals surface area contributed by atoms with E-state index in [0.29, 0.717) is 0 Å². The summed E-state index contributed by atoms with van der Waals surface area (Å²) in [4.78, 5) is 0. The quantitative estimate of drug-likeness (QED) is 0.462. The number of hydrogen-bond acceptors (Lipinski definition) is 0. The van der Waals surface area contributed by atoms with E-state index in [9.17, 15) is 0 Å². The summed E-state index contributed by atoms with van der Waals surface area (Å²) in [6.07, 6.45) is 9.97. The Morgan fingerprint density at radius 1 is 0.800 bits per heavy atom. The third kappa shape index (κ3) is 7.88. The van der Waals surface area contributed by atoms with E-state index in [0.717, 1.165) is 17.8 Å². The molecule has 0 fully saturated rings. The molecule has 0 heteroatoms. The lowest BCUT2D eigenvalue weighted by molar-refractivity contribution is 0.286. The van der Waals surface area contributed by atoms with Gasteiger partial charge in [0.05, 0.1) is 0 Å². The lowest BCUT2D eigenvalue weighted by Gasteiger charge is -2.23. The van der Waals surface area contributed by atoms with Crippen molar-refractivity contribution < 1.29 is 0 Å². The van der Waals surface area contributed by atoms with Gasteiger partial charge in [0, 0.05) is 0 Å². The molecule has 0 aliphatic carbocycles. The van der Waals surface area contributed by atoms with Crippen LogP contribution in [0.5, 0.6) is 0 Å². The van der Waals surface area contributed by atoms with Gasteiger partial charge >= 0.3 is 0 Å². The molecule has 0 spiro atoms. The molecule has 15 heavy (non-hydrogen) atoms. The summed E-state index contributed by atoms with van der Waals surface area (Å²) in [5.74, 6) is 2.77. The summed E-state index contributed by atoms with van der Waals surface area (Å²) in [5, 5.41) is 0. The van der Waals surface area contributed by atoms with Gasteiger partial charge in [0.25, 0.3) is 0 Å². The summed E-state index contributed by atoms with van der Waals surface area (Å²) in [7, 11) is 0. The van der Waals surface area contributed by atoms with Crippen molar-refractivity contribution in [2.75, 3.05) is 0 Å². The zero-order valence-electron chi connectivity index (χ0n) is 11.7. The molecule has 0 rings (SSSR count). The Morgan fingerprint density at radius 3 is 1.60 bits per heavy atom. The zero-order chi connectivity index (χ0) is 11.7. The molecule has 0 aliphatic rings. The Labute approximate surface area is 97.8 Å². The van der Waals surface area contributed by atoms with Gasteiger partial charge in [0.1, 0.15) is 0 Å². The van der Waals surface area contributed by atoms with Gasteiger partial charge in [0.2, 0.25) is 0 Å². The van der Waals surface area contributed by atoms with Gasteiger partial charge in [-0.25, -0.2) is 0 Å². The standard InChI is InChI=1S/C15H32/c1-6-8-10-15(11-9-7-2)12-14(5)13(3)4/h13-15H,6-12H2,1-5H3. The van der Waals surface area contributed by atoms with Crippen molar-refractivity contribution in [3.05, 3.63) is 0 Å². The molecule has 0 aliphatic heterocycles. The average molecular weight is 212 g/mol. The van der Waals surface area contributed by atoms with Crippen molar-refractivity contribution in [2.45, 2.75) is 79.6 Å². The molecule has 92 valence electrons. The van der Waals surface area contributed by atoms with E-state index in [-0.39, 0.29) is 0 Å². The fraction of sp³-hybridized carbons (Fsp3) is 1.00. The average Bonchev–Trinajstić information content (AvgIpc) is 2.21. The van der Waals surface area contributed by atoms with Gasteiger partial charge in [-0.05, 0) is 24.2 Å². The maximum absolute atomic E-state index is 2.43. The Balaban J connectivity index is 3.87. The van der Waals surface area contributed by atoms with Crippen LogP contribution in [0, 0.1) is 17.8 Å². The van der Waals surface area contributed by atoms with Crippen molar-refractivity contribution in [1.29, 1.82) is 0 Å². The molecule has 0 aromatic heterocycles. The number of rotatable bonds is 9. The van der Waals surface area contributed by atoms with Crippen LogP contribution in [0.4, 0.5) is 0 Å². The highest BCUT2D eigenvalue weighted by atomic mass is 14.2. The second kappa shape index (κ2) is 9.24. The Kier molecular flexibility index (Phi) is 9.24. The first-order valence-electron chi connectivity index (χ1n) is 7.11.